The van der Waals surface area contributed by atoms with E-state index in [2.05, 4.69) is 26.6 Å². The molecule has 1 aromatic rings. The number of halogens is 1. The fraction of sp³-hybridized carbons (Fsp3) is 0.660. The maximum absolute atomic E-state index is 14.8. The van der Waals surface area contributed by atoms with Crippen molar-refractivity contribution >= 4 is 71.0 Å². The lowest BCUT2D eigenvalue weighted by Crippen LogP contribution is -2.66. The molecule has 0 saturated carbocycles. The molecule has 0 radical (unpaired) electrons. The van der Waals surface area contributed by atoms with E-state index >= 15 is 0 Å². The number of ether oxygens (including phenoxy) is 1. The van der Waals surface area contributed by atoms with E-state index in [1.54, 1.807) is 53.7 Å². The molecule has 10 atom stereocenters. The Morgan fingerprint density at radius 1 is 0.900 bits per heavy atom. The van der Waals surface area contributed by atoms with E-state index in [1.807, 2.05) is 0 Å². The summed E-state index contributed by atoms with van der Waals surface area (Å²) < 4.78 is 10.7. The minimum Gasteiger partial charge on any atom is -0.458 e. The number of aliphatic hydroxyl groups is 1. The van der Waals surface area contributed by atoms with Crippen molar-refractivity contribution in [1.82, 2.24) is 41.3 Å². The Morgan fingerprint density at radius 2 is 1.56 bits per heavy atom. The maximum Gasteiger partial charge on any atom is 0.329 e. The monoisotopic (exact) mass is 1000 g/mol. The molecule has 0 aromatic heterocycles. The second-order valence-electron chi connectivity index (χ2n) is 19.4. The highest BCUT2D eigenvalue weighted by atomic mass is 35.5. The molecule has 3 aliphatic heterocycles. The number of nitrogens with one attached hydrogen (secondary N) is 5. The lowest BCUT2D eigenvalue weighted by molar-refractivity contribution is -0.167. The summed E-state index contributed by atoms with van der Waals surface area (Å²) in [6.45, 7) is 13.0. The predicted molar refractivity (Wildman–Crippen MR) is 252 cm³/mol. The van der Waals surface area contributed by atoms with Gasteiger partial charge >= 0.3 is 5.97 Å². The number of likely N-dealkylation sites (tertiary alicyclic amines) is 1. The molecule has 70 heavy (non-hydrogen) atoms. The fourth-order valence-electron chi connectivity index (χ4n) is 8.95. The van der Waals surface area contributed by atoms with Crippen molar-refractivity contribution in [3.05, 3.63) is 29.8 Å². The van der Waals surface area contributed by atoms with Crippen LogP contribution in [0, 0.1) is 17.8 Å². The van der Waals surface area contributed by atoms with Gasteiger partial charge in [-0.2, -0.15) is 0 Å². The van der Waals surface area contributed by atoms with E-state index in [9.17, 15) is 53.1 Å². The molecule has 10 unspecified atom stereocenters. The van der Waals surface area contributed by atoms with Gasteiger partial charge < -0.3 is 61.2 Å². The number of carbonyl (C=O) groups excluding carboxylic acids is 10. The van der Waals surface area contributed by atoms with Crippen molar-refractivity contribution in [2.45, 2.75) is 167 Å². The van der Waals surface area contributed by atoms with Crippen LogP contribution in [0.5, 0.6) is 5.75 Å². The Balaban J connectivity index is 1.83. The largest absolute Gasteiger partial charge is 0.458 e. The Morgan fingerprint density at radius 3 is 2.13 bits per heavy atom. The van der Waals surface area contributed by atoms with Crippen LogP contribution in [-0.2, 0) is 59.1 Å². The van der Waals surface area contributed by atoms with Crippen LogP contribution in [-0.4, -0.2) is 153 Å². The van der Waals surface area contributed by atoms with Gasteiger partial charge in [-0.15, -0.1) is 0 Å². The molecule has 4 rings (SSSR count). The number of hydrogen-bond acceptors (Lipinski definition) is 13. The molecule has 8 N–H and O–H groups in total. The average Bonchev–Trinajstić information content (AvgIpc) is 3.80. The highest BCUT2D eigenvalue weighted by Crippen LogP contribution is 2.27. The fourth-order valence-corrected chi connectivity index (χ4v) is 9.06. The number of likely N-dealkylation sites (N-methyl/N-ethyl adjacent to an activating group) is 1. The third-order valence-electron chi connectivity index (χ3n) is 12.8. The van der Waals surface area contributed by atoms with Crippen molar-refractivity contribution in [3.63, 3.8) is 0 Å². The molecule has 1 aromatic carbocycles. The lowest BCUT2D eigenvalue weighted by atomic mass is 9.93. The highest BCUT2D eigenvalue weighted by molar-refractivity contribution is 6.09. The van der Waals surface area contributed by atoms with E-state index in [1.165, 1.54) is 37.9 Å². The molecular formula is C47H70ClN9O13. The highest BCUT2D eigenvalue weighted by Gasteiger charge is 2.47. The van der Waals surface area contributed by atoms with Crippen LogP contribution in [0.25, 0.3) is 0 Å². The molecule has 3 fully saturated rings. The first-order valence-electron chi connectivity index (χ1n) is 23.8. The summed E-state index contributed by atoms with van der Waals surface area (Å²) in [6, 6.07) is -4.69. The molecule has 0 aliphatic carbocycles. The smallest absolute Gasteiger partial charge is 0.329 e. The van der Waals surface area contributed by atoms with E-state index < -0.39 is 126 Å². The number of fused-ring (bicyclic) bond motifs is 2. The molecule has 23 heteroatoms. The van der Waals surface area contributed by atoms with Crippen LogP contribution in [0.15, 0.2) is 24.3 Å². The summed E-state index contributed by atoms with van der Waals surface area (Å²) in [5.41, 5.74) is 5.97. The zero-order chi connectivity index (χ0) is 52.3. The molecule has 3 aliphatic rings. The first-order valence-corrected chi connectivity index (χ1v) is 24.1. The Kier molecular flexibility index (Phi) is 20.4. The minimum absolute atomic E-state index is 0.00730. The van der Waals surface area contributed by atoms with Gasteiger partial charge in [-0.05, 0) is 80.9 Å². The zero-order valence-electron chi connectivity index (χ0n) is 41.3. The van der Waals surface area contributed by atoms with Gasteiger partial charge in [0.15, 0.2) is 0 Å². The molecule has 9 amide bonds. The Hall–Kier alpha value is -6.03. The van der Waals surface area contributed by atoms with Crippen molar-refractivity contribution < 1.29 is 62.1 Å². The van der Waals surface area contributed by atoms with Crippen molar-refractivity contribution in [3.8, 4) is 5.75 Å². The number of hydrogen-bond donors (Lipinski definition) is 7. The van der Waals surface area contributed by atoms with Gasteiger partial charge in [-0.3, -0.25) is 43.2 Å². The maximum atomic E-state index is 14.8. The Labute approximate surface area is 413 Å². The van der Waals surface area contributed by atoms with E-state index in [0.29, 0.717) is 30.7 Å². The summed E-state index contributed by atoms with van der Waals surface area (Å²) in [4.78, 5) is 143. The number of benzene rings is 1. The molecule has 388 valence electrons. The second-order valence-corrected chi connectivity index (χ2v) is 19.6. The van der Waals surface area contributed by atoms with Crippen LogP contribution >= 0.6 is 11.9 Å². The molecule has 3 heterocycles. The standard InChI is InChI=1S/C47H70ClN9O13/c1-23(2)21-32-41(62)51-31-17-19-36(60)57(45(31)66)39(25(5)6)46(67)55(9)34(22-28-12-14-29(70-48)15-13-28)43(64)53-37(24(3)4)47(68)69-26(7)38(44(65)52-32)54-40(61)30(16-18-35(49)59)50-42(63)33-11-10-20-56(33)27(8)58/h12-15,23-26,30-34,36-39,60H,10-11,16-22H2,1-9H3,(H2,49,59)(H,50,63)(H,51,62)(H,52,65)(H,53,64)(H,54,61). The van der Waals surface area contributed by atoms with Crippen molar-refractivity contribution in [2.24, 2.45) is 23.5 Å². The number of rotatable bonds is 14. The molecule has 0 spiro atoms. The topological polar surface area (TPSA) is 305 Å². The summed E-state index contributed by atoms with van der Waals surface area (Å²) in [5, 5.41) is 24.5. The number of esters is 1. The van der Waals surface area contributed by atoms with Crippen molar-refractivity contribution in [1.29, 1.82) is 0 Å². The quantitative estimate of drug-likeness (QED) is 0.120. The van der Waals surface area contributed by atoms with Crippen LogP contribution in [0.1, 0.15) is 106 Å². The van der Waals surface area contributed by atoms with Gasteiger partial charge in [0.2, 0.25) is 53.2 Å². The van der Waals surface area contributed by atoms with Crippen LogP contribution < -0.4 is 36.6 Å². The molecule has 22 nitrogen and oxygen atoms in total. The first kappa shape index (κ1) is 56.6. The van der Waals surface area contributed by atoms with E-state index in [0.717, 1.165) is 9.80 Å². The summed E-state index contributed by atoms with van der Waals surface area (Å²) in [7, 11) is 1.36. The number of cyclic esters (lactones) is 1. The number of nitrogens with two attached hydrogens (primary N) is 1. The van der Waals surface area contributed by atoms with Crippen LogP contribution in [0.4, 0.5) is 0 Å². The third kappa shape index (κ3) is 14.5. The number of aliphatic hydroxyl groups excluding tert-OH is 1. The SMILES string of the molecule is CC(=O)N1CCCC1C(=O)NC(CCC(N)=O)C(=O)NC1C(=O)NC(CC(C)C)C(=O)NC2CCC(O)N(C2=O)C(C(C)C)C(=O)N(C)C(Cc2ccc(OCl)cc2)C(=O)NC(C(C)C)C(=O)OC1C. The predicted octanol–water partition coefficient (Wildman–Crippen LogP) is -0.0981. The minimum atomic E-state index is -1.80. The third-order valence-corrected chi connectivity index (χ3v) is 13.0. The van der Waals surface area contributed by atoms with Gasteiger partial charge in [0.1, 0.15) is 78.3 Å². The lowest BCUT2D eigenvalue weighted by Gasteiger charge is -2.44. The Bertz CT molecular complexity index is 2110. The number of piperidine rings is 1. The summed E-state index contributed by atoms with van der Waals surface area (Å²) >= 11 is 5.54. The number of amides is 9. The van der Waals surface area contributed by atoms with Gasteiger partial charge in [-0.1, -0.05) is 53.7 Å². The number of carbonyl (C=O) groups is 10. The van der Waals surface area contributed by atoms with Crippen LogP contribution in [0.2, 0.25) is 0 Å². The molecular weight excluding hydrogens is 934 g/mol. The zero-order valence-corrected chi connectivity index (χ0v) is 42.1. The second kappa shape index (κ2) is 25.2. The molecule has 3 saturated heterocycles. The van der Waals surface area contributed by atoms with Crippen LogP contribution in [0.3, 0.4) is 0 Å². The molecule has 2 bridgehead atoms. The number of primary amides is 1. The van der Waals surface area contributed by atoms with Gasteiger partial charge in [0.25, 0.3) is 0 Å². The van der Waals surface area contributed by atoms with E-state index in [4.69, 9.17) is 26.6 Å². The summed E-state index contributed by atoms with van der Waals surface area (Å²) in [5.74, 6) is -9.34. The first-order chi connectivity index (χ1) is 32.9. The van der Waals surface area contributed by atoms with Gasteiger partial charge in [0.05, 0.1) is 0 Å². The average molecular weight is 1000 g/mol. The number of nitrogens with zero attached hydrogens (tertiary/aromatic N) is 3. The van der Waals surface area contributed by atoms with Gasteiger partial charge in [-0.25, -0.2) is 4.79 Å². The van der Waals surface area contributed by atoms with Gasteiger partial charge in [0, 0.05) is 33.4 Å². The summed E-state index contributed by atoms with van der Waals surface area (Å²) in [6.07, 6.45) is -3.13. The van der Waals surface area contributed by atoms with Crippen molar-refractivity contribution in [2.75, 3.05) is 13.6 Å². The normalized spacial score (nSPS) is 26.9. The van der Waals surface area contributed by atoms with E-state index in [-0.39, 0.29) is 50.4 Å².